The van der Waals surface area contributed by atoms with Crippen LogP contribution < -0.4 is 10.0 Å². The van der Waals surface area contributed by atoms with Crippen molar-refractivity contribution in [3.05, 3.63) is 83.4 Å². The number of carbonyl (C=O) groups excluding carboxylic acids is 1. The van der Waals surface area contributed by atoms with Crippen LogP contribution in [0.1, 0.15) is 21.5 Å². The summed E-state index contributed by atoms with van der Waals surface area (Å²) >= 11 is 1.62. The van der Waals surface area contributed by atoms with Crippen LogP contribution in [0.4, 0.5) is 11.4 Å². The predicted molar refractivity (Wildman–Crippen MR) is 119 cm³/mol. The highest BCUT2D eigenvalue weighted by Gasteiger charge is 2.16. The zero-order valence-corrected chi connectivity index (χ0v) is 18.0. The smallest absolute Gasteiger partial charge is 0.261 e. The van der Waals surface area contributed by atoms with Crippen molar-refractivity contribution in [3.63, 3.8) is 0 Å². The Labute approximate surface area is 175 Å². The summed E-state index contributed by atoms with van der Waals surface area (Å²) in [6.45, 7) is 3.79. The number of nitrogens with one attached hydrogen (secondary N) is 2. The van der Waals surface area contributed by atoms with Crippen LogP contribution in [0.2, 0.25) is 0 Å². The minimum absolute atomic E-state index is 0.0966. The minimum Gasteiger partial charge on any atom is -0.322 e. The van der Waals surface area contributed by atoms with Gasteiger partial charge in [-0.05, 0) is 85.8 Å². The van der Waals surface area contributed by atoms with Gasteiger partial charge in [0.1, 0.15) is 0 Å². The predicted octanol–water partition coefficient (Wildman–Crippen LogP) is 5.08. The van der Waals surface area contributed by atoms with E-state index in [0.717, 1.165) is 16.0 Å². The van der Waals surface area contributed by atoms with Gasteiger partial charge in [-0.3, -0.25) is 9.52 Å². The molecule has 0 aromatic heterocycles. The van der Waals surface area contributed by atoms with E-state index < -0.39 is 10.0 Å². The van der Waals surface area contributed by atoms with E-state index >= 15 is 0 Å². The maximum absolute atomic E-state index is 12.7. The molecule has 1 amide bonds. The summed E-state index contributed by atoms with van der Waals surface area (Å²) in [6.07, 6.45) is 1.98. The second-order valence-corrected chi connectivity index (χ2v) is 9.12. The van der Waals surface area contributed by atoms with Crippen LogP contribution >= 0.6 is 11.8 Å². The Morgan fingerprint density at radius 2 is 1.55 bits per heavy atom. The van der Waals surface area contributed by atoms with Crippen LogP contribution in [-0.4, -0.2) is 20.6 Å². The molecule has 0 aliphatic carbocycles. The third-order valence-corrected chi connectivity index (χ3v) is 6.75. The molecule has 0 unspecified atom stereocenters. The Kier molecular flexibility index (Phi) is 6.30. The fourth-order valence-electron chi connectivity index (χ4n) is 2.73. The van der Waals surface area contributed by atoms with Crippen LogP contribution in [0.3, 0.4) is 0 Å². The molecule has 0 saturated heterocycles. The lowest BCUT2D eigenvalue weighted by Crippen LogP contribution is -2.15. The first kappa shape index (κ1) is 21.0. The maximum Gasteiger partial charge on any atom is 0.261 e. The average Bonchev–Trinajstić information content (AvgIpc) is 2.72. The minimum atomic E-state index is -3.75. The molecular formula is C22H22N2O3S2. The van der Waals surface area contributed by atoms with Crippen molar-refractivity contribution in [2.75, 3.05) is 16.3 Å². The van der Waals surface area contributed by atoms with Crippen LogP contribution in [0.5, 0.6) is 0 Å². The Hall–Kier alpha value is -2.77. The fourth-order valence-corrected chi connectivity index (χ4v) is 4.26. The van der Waals surface area contributed by atoms with Gasteiger partial charge in [-0.1, -0.05) is 12.1 Å². The van der Waals surface area contributed by atoms with Crippen molar-refractivity contribution in [2.24, 2.45) is 0 Å². The van der Waals surface area contributed by atoms with Gasteiger partial charge in [0, 0.05) is 16.1 Å². The lowest BCUT2D eigenvalue weighted by molar-refractivity contribution is 0.102. The van der Waals surface area contributed by atoms with Crippen molar-refractivity contribution >= 4 is 39.1 Å². The number of anilines is 2. The quantitative estimate of drug-likeness (QED) is 0.539. The Morgan fingerprint density at radius 1 is 0.897 bits per heavy atom. The van der Waals surface area contributed by atoms with Crippen LogP contribution in [0, 0.1) is 13.8 Å². The summed E-state index contributed by atoms with van der Waals surface area (Å²) in [4.78, 5) is 13.6. The largest absolute Gasteiger partial charge is 0.322 e. The number of benzene rings is 3. The normalized spacial score (nSPS) is 11.1. The molecule has 3 aromatic rings. The van der Waals surface area contributed by atoms with Crippen molar-refractivity contribution in [1.82, 2.24) is 0 Å². The van der Waals surface area contributed by atoms with Crippen molar-refractivity contribution < 1.29 is 13.2 Å². The molecule has 0 radical (unpaired) electrons. The third-order valence-electron chi connectivity index (χ3n) is 4.62. The molecule has 0 aliphatic rings. The third kappa shape index (κ3) is 4.99. The number of hydrogen-bond acceptors (Lipinski definition) is 4. The van der Waals surface area contributed by atoms with Crippen molar-refractivity contribution in [3.8, 4) is 0 Å². The summed E-state index contributed by atoms with van der Waals surface area (Å²) in [5, 5.41) is 2.81. The SMILES string of the molecule is CSc1ccc(NC(=O)c2ccc(S(=O)(=O)Nc3cccc(C)c3C)cc2)cc1. The Morgan fingerprint density at radius 3 is 2.17 bits per heavy atom. The second kappa shape index (κ2) is 8.71. The summed E-state index contributed by atoms with van der Waals surface area (Å²) < 4.78 is 28.0. The first-order valence-corrected chi connectivity index (χ1v) is 11.7. The molecule has 2 N–H and O–H groups in total. The number of sulfonamides is 1. The van der Waals surface area contributed by atoms with Gasteiger partial charge in [0.2, 0.25) is 0 Å². The summed E-state index contributed by atoms with van der Waals surface area (Å²) in [5.41, 5.74) is 3.48. The number of thioether (sulfide) groups is 1. The molecule has 3 rings (SSSR count). The standard InChI is InChI=1S/C22H22N2O3S2/c1-15-5-4-6-21(16(15)2)24-29(26,27)20-13-7-17(8-14-20)22(25)23-18-9-11-19(28-3)12-10-18/h4-14,24H,1-3H3,(H,23,25). The van der Waals surface area contributed by atoms with E-state index in [-0.39, 0.29) is 10.8 Å². The highest BCUT2D eigenvalue weighted by atomic mass is 32.2. The van der Waals surface area contributed by atoms with Gasteiger partial charge in [0.25, 0.3) is 15.9 Å². The lowest BCUT2D eigenvalue weighted by atomic mass is 10.1. The molecule has 7 heteroatoms. The molecule has 5 nitrogen and oxygen atoms in total. The van der Waals surface area contributed by atoms with Gasteiger partial charge >= 0.3 is 0 Å². The van der Waals surface area contributed by atoms with Crippen molar-refractivity contribution in [1.29, 1.82) is 0 Å². The van der Waals surface area contributed by atoms with Crippen LogP contribution in [0.15, 0.2) is 76.5 Å². The van der Waals surface area contributed by atoms with E-state index in [4.69, 9.17) is 0 Å². The molecule has 29 heavy (non-hydrogen) atoms. The van der Waals surface area contributed by atoms with Crippen LogP contribution in [0.25, 0.3) is 0 Å². The summed E-state index contributed by atoms with van der Waals surface area (Å²) in [5.74, 6) is -0.298. The highest BCUT2D eigenvalue weighted by Crippen LogP contribution is 2.23. The van der Waals surface area contributed by atoms with Gasteiger partial charge in [-0.25, -0.2) is 8.42 Å². The fraction of sp³-hybridized carbons (Fsp3) is 0.136. The molecule has 0 atom stereocenters. The lowest BCUT2D eigenvalue weighted by Gasteiger charge is -2.12. The molecule has 0 aliphatic heterocycles. The number of aryl methyl sites for hydroxylation is 1. The zero-order chi connectivity index (χ0) is 21.0. The zero-order valence-electron chi connectivity index (χ0n) is 16.4. The molecule has 0 heterocycles. The molecule has 0 spiro atoms. The van der Waals surface area contributed by atoms with Gasteiger partial charge in [-0.15, -0.1) is 11.8 Å². The van der Waals surface area contributed by atoms with Crippen LogP contribution in [-0.2, 0) is 10.0 Å². The molecular weight excluding hydrogens is 404 g/mol. The molecule has 150 valence electrons. The molecule has 0 fully saturated rings. The molecule has 0 saturated carbocycles. The average molecular weight is 427 g/mol. The first-order valence-electron chi connectivity index (χ1n) is 8.94. The van der Waals surface area contributed by atoms with Crippen molar-refractivity contribution in [2.45, 2.75) is 23.6 Å². The maximum atomic E-state index is 12.7. The van der Waals surface area contributed by atoms with Gasteiger partial charge < -0.3 is 5.32 Å². The van der Waals surface area contributed by atoms with E-state index in [1.165, 1.54) is 24.3 Å². The first-order chi connectivity index (χ1) is 13.8. The molecule has 0 bridgehead atoms. The number of carbonyl (C=O) groups is 1. The number of rotatable bonds is 6. The summed E-state index contributed by atoms with van der Waals surface area (Å²) in [6, 6.07) is 18.8. The number of hydrogen-bond donors (Lipinski definition) is 2. The van der Waals surface area contributed by atoms with E-state index in [2.05, 4.69) is 10.0 Å². The van der Waals surface area contributed by atoms with E-state index in [0.29, 0.717) is 16.9 Å². The topological polar surface area (TPSA) is 75.3 Å². The summed E-state index contributed by atoms with van der Waals surface area (Å²) in [7, 11) is -3.75. The Balaban J connectivity index is 1.74. The molecule has 3 aromatic carbocycles. The van der Waals surface area contributed by atoms with Gasteiger partial charge in [-0.2, -0.15) is 0 Å². The van der Waals surface area contributed by atoms with E-state index in [1.807, 2.05) is 50.4 Å². The van der Waals surface area contributed by atoms with E-state index in [1.54, 1.807) is 23.9 Å². The Bertz CT molecular complexity index is 1120. The monoisotopic (exact) mass is 426 g/mol. The number of amides is 1. The van der Waals surface area contributed by atoms with Gasteiger partial charge in [0.15, 0.2) is 0 Å². The second-order valence-electron chi connectivity index (χ2n) is 6.56. The highest BCUT2D eigenvalue weighted by molar-refractivity contribution is 7.98. The van der Waals surface area contributed by atoms with E-state index in [9.17, 15) is 13.2 Å². The van der Waals surface area contributed by atoms with Gasteiger partial charge in [0.05, 0.1) is 10.6 Å².